The number of nitrogens with two attached hydrogens (primary N) is 1. The minimum atomic E-state index is -0.0353. The summed E-state index contributed by atoms with van der Waals surface area (Å²) >= 11 is 0. The largest absolute Gasteiger partial charge is 0.464 e. The molecule has 6 nitrogen and oxygen atoms in total. The number of carbonyl (C=O) groups is 1. The second-order valence-electron chi connectivity index (χ2n) is 6.95. The number of likely N-dealkylation sites (tertiary alicyclic amines) is 1. The van der Waals surface area contributed by atoms with Crippen molar-refractivity contribution in [2.75, 3.05) is 12.3 Å². The molecule has 3 heterocycles. The van der Waals surface area contributed by atoms with E-state index in [2.05, 4.69) is 9.97 Å². The van der Waals surface area contributed by atoms with Crippen molar-refractivity contribution >= 4 is 22.7 Å². The third-order valence-electron chi connectivity index (χ3n) is 4.95. The molecule has 0 radical (unpaired) electrons. The van der Waals surface area contributed by atoms with Gasteiger partial charge in [-0.25, -0.2) is 9.97 Å². The summed E-state index contributed by atoms with van der Waals surface area (Å²) in [5, 5.41) is 1.00. The number of aryl methyl sites for hydroxylation is 2. The van der Waals surface area contributed by atoms with E-state index in [1.54, 1.807) is 12.3 Å². The highest BCUT2D eigenvalue weighted by atomic mass is 16.3. The number of anilines is 1. The highest BCUT2D eigenvalue weighted by molar-refractivity contribution is 5.88. The minimum Gasteiger partial charge on any atom is -0.464 e. The number of nitrogen functional groups attached to an aromatic ring is 1. The lowest BCUT2D eigenvalue weighted by Gasteiger charge is -2.24. The fourth-order valence-electron chi connectivity index (χ4n) is 3.75. The van der Waals surface area contributed by atoms with Gasteiger partial charge >= 0.3 is 0 Å². The van der Waals surface area contributed by atoms with Crippen LogP contribution >= 0.6 is 0 Å². The molecule has 4 rings (SSSR count). The van der Waals surface area contributed by atoms with Crippen LogP contribution in [0.1, 0.15) is 41.5 Å². The molecule has 1 aromatic carbocycles. The highest BCUT2D eigenvalue weighted by Crippen LogP contribution is 2.32. The Hall–Kier alpha value is -2.89. The third kappa shape index (κ3) is 3.03. The molecule has 1 aliphatic heterocycles. The molecule has 0 aliphatic carbocycles. The number of fused-ring (bicyclic) bond motifs is 1. The summed E-state index contributed by atoms with van der Waals surface area (Å²) in [7, 11) is 0. The molecular weight excluding hydrogens is 328 g/mol. The molecule has 6 heteroatoms. The SMILES string of the molecule is Cc1ccc2c(CC(=O)N3CCC[C@@H]3c3cc(N)nc(C)n3)coc2c1. The van der Waals surface area contributed by atoms with E-state index >= 15 is 0 Å². The van der Waals surface area contributed by atoms with E-state index in [4.69, 9.17) is 10.2 Å². The first-order chi connectivity index (χ1) is 12.5. The van der Waals surface area contributed by atoms with Crippen molar-refractivity contribution in [3.63, 3.8) is 0 Å². The zero-order valence-corrected chi connectivity index (χ0v) is 15.0. The Kier molecular flexibility index (Phi) is 4.11. The van der Waals surface area contributed by atoms with Gasteiger partial charge in [0.2, 0.25) is 5.91 Å². The first-order valence-electron chi connectivity index (χ1n) is 8.88. The lowest BCUT2D eigenvalue weighted by atomic mass is 10.1. The second kappa shape index (κ2) is 6.44. The summed E-state index contributed by atoms with van der Waals surface area (Å²) < 4.78 is 5.63. The van der Waals surface area contributed by atoms with Gasteiger partial charge in [-0.1, -0.05) is 12.1 Å². The molecule has 0 unspecified atom stereocenters. The standard InChI is InChI=1S/C20H22N4O2/c1-12-5-6-15-14(11-26-18(15)8-12)9-20(25)24-7-3-4-17(24)16-10-19(21)23-13(2)22-16/h5-6,8,10-11,17H,3-4,7,9H2,1-2H3,(H2,21,22,23)/t17-/m1/s1. The van der Waals surface area contributed by atoms with Crippen molar-refractivity contribution < 1.29 is 9.21 Å². The van der Waals surface area contributed by atoms with Crippen LogP contribution in [0.15, 0.2) is 34.9 Å². The number of hydrogen-bond acceptors (Lipinski definition) is 5. The monoisotopic (exact) mass is 350 g/mol. The van der Waals surface area contributed by atoms with Crippen LogP contribution in [0.3, 0.4) is 0 Å². The van der Waals surface area contributed by atoms with Crippen LogP contribution < -0.4 is 5.73 Å². The Morgan fingerprint density at radius 2 is 2.15 bits per heavy atom. The van der Waals surface area contributed by atoms with Gasteiger partial charge in [0.25, 0.3) is 0 Å². The number of amides is 1. The van der Waals surface area contributed by atoms with Crippen molar-refractivity contribution in [3.05, 3.63) is 53.2 Å². The van der Waals surface area contributed by atoms with Crippen LogP contribution in [0.25, 0.3) is 11.0 Å². The maximum absolute atomic E-state index is 13.0. The number of rotatable bonds is 3. The van der Waals surface area contributed by atoms with E-state index in [0.29, 0.717) is 18.1 Å². The maximum Gasteiger partial charge on any atom is 0.227 e. The van der Waals surface area contributed by atoms with Gasteiger partial charge in [0.1, 0.15) is 17.2 Å². The van der Waals surface area contributed by atoms with Crippen molar-refractivity contribution in [1.29, 1.82) is 0 Å². The molecule has 2 aromatic heterocycles. The molecule has 2 N–H and O–H groups in total. The number of aromatic nitrogens is 2. The molecular formula is C20H22N4O2. The van der Waals surface area contributed by atoms with E-state index in [-0.39, 0.29) is 11.9 Å². The molecule has 0 spiro atoms. The maximum atomic E-state index is 13.0. The molecule has 26 heavy (non-hydrogen) atoms. The van der Waals surface area contributed by atoms with Crippen LogP contribution in [0.5, 0.6) is 0 Å². The van der Waals surface area contributed by atoms with Gasteiger partial charge in [-0.3, -0.25) is 4.79 Å². The van der Waals surface area contributed by atoms with E-state index in [0.717, 1.165) is 47.2 Å². The van der Waals surface area contributed by atoms with Crippen LogP contribution in [-0.2, 0) is 11.2 Å². The molecule has 1 saturated heterocycles. The summed E-state index contributed by atoms with van der Waals surface area (Å²) in [5.41, 5.74) is 9.58. The lowest BCUT2D eigenvalue weighted by Crippen LogP contribution is -2.32. The van der Waals surface area contributed by atoms with Crippen molar-refractivity contribution in [3.8, 4) is 0 Å². The van der Waals surface area contributed by atoms with Crippen LogP contribution in [0, 0.1) is 13.8 Å². The Labute approximate surface area is 152 Å². The van der Waals surface area contributed by atoms with Gasteiger partial charge in [0.05, 0.1) is 24.4 Å². The van der Waals surface area contributed by atoms with Crippen LogP contribution in [0.4, 0.5) is 5.82 Å². The average molecular weight is 350 g/mol. The fraction of sp³-hybridized carbons (Fsp3) is 0.350. The fourth-order valence-corrected chi connectivity index (χ4v) is 3.75. The van der Waals surface area contributed by atoms with Gasteiger partial charge in [-0.15, -0.1) is 0 Å². The normalized spacial score (nSPS) is 17.2. The number of benzene rings is 1. The predicted octanol–water partition coefficient (Wildman–Crippen LogP) is 3.33. The molecule has 0 bridgehead atoms. The van der Waals surface area contributed by atoms with Crippen LogP contribution in [-0.4, -0.2) is 27.3 Å². The summed E-state index contributed by atoms with van der Waals surface area (Å²) in [6.45, 7) is 4.58. The quantitative estimate of drug-likeness (QED) is 0.783. The number of nitrogens with zero attached hydrogens (tertiary/aromatic N) is 3. The molecule has 1 amide bonds. The minimum absolute atomic E-state index is 0.0353. The topological polar surface area (TPSA) is 85.2 Å². The van der Waals surface area contributed by atoms with E-state index in [1.807, 2.05) is 36.9 Å². The summed E-state index contributed by atoms with van der Waals surface area (Å²) in [6.07, 6.45) is 3.88. The van der Waals surface area contributed by atoms with Crippen molar-refractivity contribution in [2.45, 2.75) is 39.2 Å². The third-order valence-corrected chi connectivity index (χ3v) is 4.95. The lowest BCUT2D eigenvalue weighted by molar-refractivity contribution is -0.131. The van der Waals surface area contributed by atoms with Crippen LogP contribution in [0.2, 0.25) is 0 Å². The van der Waals surface area contributed by atoms with Crippen molar-refractivity contribution in [2.24, 2.45) is 0 Å². The second-order valence-corrected chi connectivity index (χ2v) is 6.95. The highest BCUT2D eigenvalue weighted by Gasteiger charge is 2.31. The molecule has 0 saturated carbocycles. The Balaban J connectivity index is 1.58. The zero-order valence-electron chi connectivity index (χ0n) is 15.0. The van der Waals surface area contributed by atoms with Gasteiger partial charge in [-0.05, 0) is 38.3 Å². The average Bonchev–Trinajstić information content (AvgIpc) is 3.21. The van der Waals surface area contributed by atoms with Gasteiger partial charge < -0.3 is 15.1 Å². The summed E-state index contributed by atoms with van der Waals surface area (Å²) in [4.78, 5) is 23.5. The van der Waals surface area contributed by atoms with E-state index in [9.17, 15) is 4.79 Å². The Bertz CT molecular complexity index is 959. The molecule has 134 valence electrons. The Morgan fingerprint density at radius 3 is 2.96 bits per heavy atom. The van der Waals surface area contributed by atoms with Gasteiger partial charge in [-0.2, -0.15) is 0 Å². The smallest absolute Gasteiger partial charge is 0.227 e. The Morgan fingerprint density at radius 1 is 1.31 bits per heavy atom. The zero-order chi connectivity index (χ0) is 18.3. The predicted molar refractivity (Wildman–Crippen MR) is 99.5 cm³/mol. The van der Waals surface area contributed by atoms with Gasteiger partial charge in [0.15, 0.2) is 0 Å². The summed E-state index contributed by atoms with van der Waals surface area (Å²) in [6, 6.07) is 7.80. The molecule has 3 aromatic rings. The first kappa shape index (κ1) is 16.6. The molecule has 1 atom stereocenters. The molecule has 1 aliphatic rings. The van der Waals surface area contributed by atoms with E-state index < -0.39 is 0 Å². The van der Waals surface area contributed by atoms with Gasteiger partial charge in [0, 0.05) is 23.6 Å². The molecule has 1 fully saturated rings. The first-order valence-corrected chi connectivity index (χ1v) is 8.88. The number of hydrogen-bond donors (Lipinski definition) is 1. The van der Waals surface area contributed by atoms with Crippen molar-refractivity contribution in [1.82, 2.24) is 14.9 Å². The number of furan rings is 1. The number of carbonyl (C=O) groups excluding carboxylic acids is 1. The van der Waals surface area contributed by atoms with E-state index in [1.165, 1.54) is 0 Å². The summed E-state index contributed by atoms with van der Waals surface area (Å²) in [5.74, 6) is 1.17.